The third kappa shape index (κ3) is 5.21. The Bertz CT molecular complexity index is 977. The summed E-state index contributed by atoms with van der Waals surface area (Å²) in [6.07, 6.45) is 0. The number of carbonyl (C=O) groups is 2. The number of amides is 2. The number of benzene rings is 3. The van der Waals surface area contributed by atoms with Gasteiger partial charge in [-0.15, -0.1) is 0 Å². The van der Waals surface area contributed by atoms with E-state index in [4.69, 9.17) is 0 Å². The zero-order chi connectivity index (χ0) is 19.2. The molecule has 0 bridgehead atoms. The van der Waals surface area contributed by atoms with Crippen LogP contribution in [-0.2, 0) is 9.59 Å². The molecule has 3 aromatic carbocycles. The van der Waals surface area contributed by atoms with Crippen LogP contribution in [-0.4, -0.2) is 11.8 Å². The predicted octanol–water partition coefficient (Wildman–Crippen LogP) is 5.49. The third-order valence-corrected chi connectivity index (χ3v) is 5.70. The molecule has 0 aromatic heterocycles. The second-order valence-electron chi connectivity index (χ2n) is 5.78. The van der Waals surface area contributed by atoms with Crippen molar-refractivity contribution in [2.45, 2.75) is 16.7 Å². The number of hydrogen-bond acceptors (Lipinski definition) is 3. The minimum atomic E-state index is -0.712. The topological polar surface area (TPSA) is 58.2 Å². The van der Waals surface area contributed by atoms with Crippen molar-refractivity contribution in [1.82, 2.24) is 0 Å². The lowest BCUT2D eigenvalue weighted by atomic mass is 10.2. The van der Waals surface area contributed by atoms with E-state index < -0.39 is 11.8 Å². The van der Waals surface area contributed by atoms with Gasteiger partial charge >= 0.3 is 11.8 Å². The molecule has 3 rings (SSSR count). The van der Waals surface area contributed by atoms with Gasteiger partial charge < -0.3 is 10.6 Å². The van der Waals surface area contributed by atoms with Gasteiger partial charge in [0.1, 0.15) is 0 Å². The number of halogens is 1. The smallest absolute Gasteiger partial charge is 0.314 e. The van der Waals surface area contributed by atoms with Crippen LogP contribution < -0.4 is 10.6 Å². The Morgan fingerprint density at radius 3 is 2.26 bits per heavy atom. The Labute approximate surface area is 170 Å². The van der Waals surface area contributed by atoms with E-state index >= 15 is 0 Å². The van der Waals surface area contributed by atoms with Crippen molar-refractivity contribution in [2.24, 2.45) is 0 Å². The highest BCUT2D eigenvalue weighted by Gasteiger charge is 2.16. The lowest BCUT2D eigenvalue weighted by molar-refractivity contribution is -0.133. The fourth-order valence-corrected chi connectivity index (χ4v) is 3.53. The number of carbonyl (C=O) groups excluding carboxylic acids is 2. The first kappa shape index (κ1) is 19.2. The van der Waals surface area contributed by atoms with Gasteiger partial charge in [-0.25, -0.2) is 0 Å². The van der Waals surface area contributed by atoms with E-state index in [0.717, 1.165) is 19.8 Å². The van der Waals surface area contributed by atoms with Gasteiger partial charge in [0, 0.05) is 20.0 Å². The molecule has 6 heteroatoms. The molecule has 0 radical (unpaired) electrons. The monoisotopic (exact) mass is 440 g/mol. The molecule has 0 aliphatic heterocycles. The molecular formula is C21H17BrN2O2S. The Balaban J connectivity index is 1.70. The molecule has 0 fully saturated rings. The van der Waals surface area contributed by atoms with Crippen molar-refractivity contribution in [3.05, 3.63) is 82.8 Å². The molecule has 0 unspecified atom stereocenters. The van der Waals surface area contributed by atoms with Gasteiger partial charge in [0.15, 0.2) is 0 Å². The predicted molar refractivity (Wildman–Crippen MR) is 113 cm³/mol. The average Bonchev–Trinajstić information content (AvgIpc) is 2.67. The van der Waals surface area contributed by atoms with Crippen molar-refractivity contribution in [3.63, 3.8) is 0 Å². The quantitative estimate of drug-likeness (QED) is 0.527. The van der Waals surface area contributed by atoms with Crippen LogP contribution in [0.25, 0.3) is 0 Å². The van der Waals surface area contributed by atoms with Crippen molar-refractivity contribution in [3.8, 4) is 0 Å². The fraction of sp³-hybridized carbons (Fsp3) is 0.0476. The molecule has 2 N–H and O–H groups in total. The molecule has 2 amide bonds. The summed E-state index contributed by atoms with van der Waals surface area (Å²) in [7, 11) is 0. The van der Waals surface area contributed by atoms with E-state index in [0.29, 0.717) is 11.4 Å². The number of para-hydroxylation sites is 1. The molecule has 4 nitrogen and oxygen atoms in total. The summed E-state index contributed by atoms with van der Waals surface area (Å²) in [5, 5.41) is 5.32. The first-order chi connectivity index (χ1) is 13.0. The van der Waals surface area contributed by atoms with Gasteiger partial charge in [-0.3, -0.25) is 9.59 Å². The number of rotatable bonds is 4. The minimum absolute atomic E-state index is 0.572. The molecule has 0 saturated carbocycles. The minimum Gasteiger partial charge on any atom is -0.318 e. The maximum absolute atomic E-state index is 12.3. The van der Waals surface area contributed by atoms with Crippen LogP contribution in [0.5, 0.6) is 0 Å². The first-order valence-corrected chi connectivity index (χ1v) is 9.84. The maximum Gasteiger partial charge on any atom is 0.314 e. The van der Waals surface area contributed by atoms with Crippen molar-refractivity contribution in [1.29, 1.82) is 0 Å². The highest BCUT2D eigenvalue weighted by atomic mass is 79.9. The Hall–Kier alpha value is -2.57. The lowest BCUT2D eigenvalue weighted by Crippen LogP contribution is -2.29. The van der Waals surface area contributed by atoms with Gasteiger partial charge in [0.05, 0.1) is 5.69 Å². The van der Waals surface area contributed by atoms with Crippen LogP contribution in [0.4, 0.5) is 11.4 Å². The van der Waals surface area contributed by atoms with Gasteiger partial charge in [-0.1, -0.05) is 58.0 Å². The Morgan fingerprint density at radius 2 is 1.52 bits per heavy atom. The Kier molecular flexibility index (Phi) is 6.32. The molecule has 27 heavy (non-hydrogen) atoms. The average molecular weight is 441 g/mol. The van der Waals surface area contributed by atoms with Crippen molar-refractivity contribution >= 4 is 50.9 Å². The van der Waals surface area contributed by atoms with Crippen molar-refractivity contribution < 1.29 is 9.59 Å². The highest BCUT2D eigenvalue weighted by molar-refractivity contribution is 9.10. The van der Waals surface area contributed by atoms with Crippen LogP contribution in [0.3, 0.4) is 0 Å². The standard InChI is InChI=1S/C21H17BrN2O2S/c1-14-13-15(11-12-17(14)22)23-20(25)21(26)24-18-9-5-6-10-19(18)27-16-7-3-2-4-8-16/h2-13H,1H3,(H,23,25)(H,24,26). The lowest BCUT2D eigenvalue weighted by Gasteiger charge is -2.11. The van der Waals surface area contributed by atoms with Crippen LogP contribution in [0, 0.1) is 6.92 Å². The molecule has 0 aliphatic rings. The normalized spacial score (nSPS) is 10.3. The van der Waals surface area contributed by atoms with Crippen LogP contribution in [0.15, 0.2) is 87.1 Å². The van der Waals surface area contributed by atoms with Gasteiger partial charge in [0.25, 0.3) is 0 Å². The van der Waals surface area contributed by atoms with Gasteiger partial charge in [0.2, 0.25) is 0 Å². The summed E-state index contributed by atoms with van der Waals surface area (Å²) in [5.74, 6) is -1.42. The SMILES string of the molecule is Cc1cc(NC(=O)C(=O)Nc2ccccc2Sc2ccccc2)ccc1Br. The van der Waals surface area contributed by atoms with E-state index in [1.807, 2.05) is 61.5 Å². The summed E-state index contributed by atoms with van der Waals surface area (Å²) in [6.45, 7) is 1.91. The van der Waals surface area contributed by atoms with Crippen molar-refractivity contribution in [2.75, 3.05) is 10.6 Å². The second-order valence-corrected chi connectivity index (χ2v) is 7.75. The number of anilines is 2. The molecule has 3 aromatic rings. The van der Waals surface area contributed by atoms with Gasteiger partial charge in [-0.05, 0) is 55.0 Å². The summed E-state index contributed by atoms with van der Waals surface area (Å²) in [5.41, 5.74) is 2.14. The molecule has 136 valence electrons. The molecular weight excluding hydrogens is 424 g/mol. The Morgan fingerprint density at radius 1 is 0.852 bits per heavy atom. The third-order valence-electron chi connectivity index (χ3n) is 3.73. The first-order valence-electron chi connectivity index (χ1n) is 8.23. The molecule has 0 aliphatic carbocycles. The number of aryl methyl sites for hydroxylation is 1. The zero-order valence-electron chi connectivity index (χ0n) is 14.5. The fourth-order valence-electron chi connectivity index (χ4n) is 2.36. The van der Waals surface area contributed by atoms with E-state index in [-0.39, 0.29) is 0 Å². The van der Waals surface area contributed by atoms with Crippen LogP contribution in [0.2, 0.25) is 0 Å². The van der Waals surface area contributed by atoms with Crippen LogP contribution >= 0.6 is 27.7 Å². The molecule has 0 atom stereocenters. The summed E-state index contributed by atoms with van der Waals surface area (Å²) in [6, 6.07) is 22.6. The van der Waals surface area contributed by atoms with Crippen LogP contribution in [0.1, 0.15) is 5.56 Å². The summed E-state index contributed by atoms with van der Waals surface area (Å²) in [4.78, 5) is 26.5. The highest BCUT2D eigenvalue weighted by Crippen LogP contribution is 2.33. The van der Waals surface area contributed by atoms with E-state index in [1.165, 1.54) is 11.8 Å². The van der Waals surface area contributed by atoms with Gasteiger partial charge in [-0.2, -0.15) is 0 Å². The molecule has 0 heterocycles. The number of hydrogen-bond donors (Lipinski definition) is 2. The van der Waals surface area contributed by atoms with E-state index in [1.54, 1.807) is 18.2 Å². The molecule has 0 spiro atoms. The molecule has 0 saturated heterocycles. The van der Waals surface area contributed by atoms with E-state index in [9.17, 15) is 9.59 Å². The number of nitrogens with one attached hydrogen (secondary N) is 2. The van der Waals surface area contributed by atoms with E-state index in [2.05, 4.69) is 26.6 Å². The maximum atomic E-state index is 12.3. The zero-order valence-corrected chi connectivity index (χ0v) is 16.9. The summed E-state index contributed by atoms with van der Waals surface area (Å²) < 4.78 is 0.941. The summed E-state index contributed by atoms with van der Waals surface area (Å²) >= 11 is 4.93. The second kappa shape index (κ2) is 8.88. The largest absolute Gasteiger partial charge is 0.318 e.